The van der Waals surface area contributed by atoms with Gasteiger partial charge in [-0.15, -0.1) is 0 Å². The summed E-state index contributed by atoms with van der Waals surface area (Å²) in [6.07, 6.45) is 9.35. The lowest BCUT2D eigenvalue weighted by Gasteiger charge is -2.13. The normalized spacial score (nSPS) is 14.0. The Kier molecular flexibility index (Phi) is 6.58. The van der Waals surface area contributed by atoms with Gasteiger partial charge in [0.25, 0.3) is 0 Å². The smallest absolute Gasteiger partial charge is 0.224 e. The second-order valence-corrected chi connectivity index (χ2v) is 6.81. The summed E-state index contributed by atoms with van der Waals surface area (Å²) in [5, 5.41) is 6.68. The summed E-state index contributed by atoms with van der Waals surface area (Å²) in [4.78, 5) is 9.02. The molecule has 0 atom stereocenters. The largest absolute Gasteiger partial charge is 0.370 e. The van der Waals surface area contributed by atoms with Crippen molar-refractivity contribution >= 4 is 11.8 Å². The van der Waals surface area contributed by atoms with Crippen LogP contribution in [0.25, 0.3) is 0 Å². The fourth-order valence-electron chi connectivity index (χ4n) is 3.19. The van der Waals surface area contributed by atoms with Crippen LogP contribution < -0.4 is 10.6 Å². The van der Waals surface area contributed by atoms with Crippen molar-refractivity contribution in [2.24, 2.45) is 0 Å². The number of hydrogen-bond acceptors (Lipinski definition) is 4. The highest BCUT2D eigenvalue weighted by Gasteiger charge is 2.05. The molecule has 0 fully saturated rings. The Hall–Kier alpha value is -2.43. The van der Waals surface area contributed by atoms with E-state index in [2.05, 4.69) is 26.7 Å². The van der Waals surface area contributed by atoms with Gasteiger partial charge in [0.2, 0.25) is 5.95 Å². The first-order valence-electron chi connectivity index (χ1n) is 9.45. The third-order valence-electron chi connectivity index (χ3n) is 4.60. The molecular weight excluding hydrogens is 327 g/mol. The summed E-state index contributed by atoms with van der Waals surface area (Å²) in [5.74, 6) is 1.29. The molecule has 2 aromatic rings. The third kappa shape index (κ3) is 5.83. The van der Waals surface area contributed by atoms with Gasteiger partial charge in [0, 0.05) is 24.8 Å². The highest BCUT2D eigenvalue weighted by Crippen LogP contribution is 2.20. The first-order valence-corrected chi connectivity index (χ1v) is 9.45. The molecule has 1 aromatic carbocycles. The van der Waals surface area contributed by atoms with E-state index < -0.39 is 0 Å². The fraction of sp³-hybridized carbons (Fsp3) is 0.429. The van der Waals surface area contributed by atoms with Crippen LogP contribution in [0.15, 0.2) is 42.0 Å². The maximum Gasteiger partial charge on any atom is 0.224 e. The maximum atomic E-state index is 12.9. The predicted molar refractivity (Wildman–Crippen MR) is 105 cm³/mol. The van der Waals surface area contributed by atoms with Gasteiger partial charge < -0.3 is 10.6 Å². The van der Waals surface area contributed by atoms with Crippen molar-refractivity contribution in [3.05, 3.63) is 59.1 Å². The molecule has 1 aliphatic carbocycles. The van der Waals surface area contributed by atoms with E-state index in [1.54, 1.807) is 5.57 Å². The van der Waals surface area contributed by atoms with Crippen LogP contribution >= 0.6 is 0 Å². The van der Waals surface area contributed by atoms with Crippen LogP contribution in [0.3, 0.4) is 0 Å². The number of aryl methyl sites for hydroxylation is 1. The molecule has 0 saturated carbocycles. The van der Waals surface area contributed by atoms with Gasteiger partial charge in [0.1, 0.15) is 11.6 Å². The number of nitrogens with zero attached hydrogens (tertiary/aromatic N) is 2. The summed E-state index contributed by atoms with van der Waals surface area (Å²) in [7, 11) is 0. The monoisotopic (exact) mass is 354 g/mol. The molecule has 1 heterocycles. The van der Waals surface area contributed by atoms with Gasteiger partial charge in [-0.25, -0.2) is 9.37 Å². The van der Waals surface area contributed by atoms with Gasteiger partial charge >= 0.3 is 0 Å². The fourth-order valence-corrected chi connectivity index (χ4v) is 3.19. The Balaban J connectivity index is 1.48. The van der Waals surface area contributed by atoms with Gasteiger partial charge in [-0.2, -0.15) is 4.98 Å². The third-order valence-corrected chi connectivity index (χ3v) is 4.60. The summed E-state index contributed by atoms with van der Waals surface area (Å²) < 4.78 is 12.9. The van der Waals surface area contributed by atoms with Crippen LogP contribution in [0.5, 0.6) is 0 Å². The quantitative estimate of drug-likeness (QED) is 0.663. The van der Waals surface area contributed by atoms with E-state index in [9.17, 15) is 4.39 Å². The van der Waals surface area contributed by atoms with E-state index in [1.165, 1.54) is 37.8 Å². The molecule has 4 nitrogen and oxygen atoms in total. The minimum Gasteiger partial charge on any atom is -0.370 e. The van der Waals surface area contributed by atoms with Gasteiger partial charge in [-0.3, -0.25) is 0 Å². The van der Waals surface area contributed by atoms with Crippen LogP contribution in [0.4, 0.5) is 16.2 Å². The molecule has 5 heteroatoms. The lowest BCUT2D eigenvalue weighted by Crippen LogP contribution is -2.11. The number of anilines is 2. The first kappa shape index (κ1) is 18.4. The van der Waals surface area contributed by atoms with E-state index in [0.29, 0.717) is 5.95 Å². The van der Waals surface area contributed by atoms with E-state index in [4.69, 9.17) is 0 Å². The Labute approximate surface area is 155 Å². The summed E-state index contributed by atoms with van der Waals surface area (Å²) in [5.41, 5.74) is 3.58. The van der Waals surface area contributed by atoms with Crippen LogP contribution in [-0.2, 0) is 6.42 Å². The van der Waals surface area contributed by atoms with Crippen LogP contribution in [0.1, 0.15) is 43.4 Å². The number of nitrogens with one attached hydrogen (secondary N) is 2. The molecule has 0 amide bonds. The number of halogens is 1. The molecule has 0 radical (unpaired) electrons. The first-order chi connectivity index (χ1) is 12.7. The topological polar surface area (TPSA) is 49.8 Å². The van der Waals surface area contributed by atoms with Crippen LogP contribution in [0, 0.1) is 12.7 Å². The lowest BCUT2D eigenvalue weighted by atomic mass is 9.97. The van der Waals surface area contributed by atoms with E-state index in [0.717, 1.165) is 43.0 Å². The minimum atomic E-state index is -0.201. The molecule has 1 aliphatic rings. The van der Waals surface area contributed by atoms with Crippen molar-refractivity contribution in [2.45, 2.75) is 45.4 Å². The lowest BCUT2D eigenvalue weighted by molar-refractivity contribution is 0.627. The molecule has 0 saturated heterocycles. The van der Waals surface area contributed by atoms with Crippen molar-refractivity contribution in [3.8, 4) is 0 Å². The molecule has 1 aromatic heterocycles. The summed E-state index contributed by atoms with van der Waals surface area (Å²) in [6, 6.07) is 8.56. The second-order valence-electron chi connectivity index (χ2n) is 6.81. The Bertz CT molecular complexity index is 740. The Morgan fingerprint density at radius 2 is 1.81 bits per heavy atom. The molecule has 0 spiro atoms. The average molecular weight is 354 g/mol. The summed E-state index contributed by atoms with van der Waals surface area (Å²) >= 11 is 0. The van der Waals surface area contributed by atoms with Gasteiger partial charge in [-0.05, 0) is 63.1 Å². The van der Waals surface area contributed by atoms with Gasteiger partial charge in [0.05, 0.1) is 0 Å². The molecule has 26 heavy (non-hydrogen) atoms. The standard InChI is InChI=1S/C21H27FN4/c1-16-15-20(23-13-11-18-7-9-19(22)10-8-18)26-21(25-16)24-14-12-17-5-3-2-4-6-17/h5,7-10,15H,2-4,6,11-14H2,1H3,(H2,23,24,25,26). The molecule has 0 aliphatic heterocycles. The number of rotatable bonds is 8. The average Bonchev–Trinajstić information content (AvgIpc) is 2.64. The highest BCUT2D eigenvalue weighted by atomic mass is 19.1. The summed E-state index contributed by atoms with van der Waals surface area (Å²) in [6.45, 7) is 3.58. The zero-order valence-electron chi connectivity index (χ0n) is 15.4. The van der Waals surface area contributed by atoms with Crippen LogP contribution in [-0.4, -0.2) is 23.1 Å². The van der Waals surface area contributed by atoms with Crippen molar-refractivity contribution < 1.29 is 4.39 Å². The van der Waals surface area contributed by atoms with E-state index in [-0.39, 0.29) is 5.82 Å². The number of aromatic nitrogens is 2. The molecule has 2 N–H and O–H groups in total. The minimum absolute atomic E-state index is 0.201. The zero-order valence-corrected chi connectivity index (χ0v) is 15.4. The highest BCUT2D eigenvalue weighted by molar-refractivity contribution is 5.42. The van der Waals surface area contributed by atoms with Crippen molar-refractivity contribution in [3.63, 3.8) is 0 Å². The van der Waals surface area contributed by atoms with Crippen LogP contribution in [0.2, 0.25) is 0 Å². The molecule has 138 valence electrons. The second kappa shape index (κ2) is 9.32. The zero-order chi connectivity index (χ0) is 18.2. The molecule has 0 unspecified atom stereocenters. The Morgan fingerprint density at radius 3 is 2.58 bits per heavy atom. The number of hydrogen-bond donors (Lipinski definition) is 2. The van der Waals surface area contributed by atoms with Crippen molar-refractivity contribution in [1.29, 1.82) is 0 Å². The number of allylic oxidation sites excluding steroid dienone is 1. The van der Waals surface area contributed by atoms with Crippen molar-refractivity contribution in [2.75, 3.05) is 23.7 Å². The van der Waals surface area contributed by atoms with E-state index >= 15 is 0 Å². The maximum absolute atomic E-state index is 12.9. The molecule has 0 bridgehead atoms. The molecule has 3 rings (SSSR count). The van der Waals surface area contributed by atoms with Gasteiger partial charge in [0.15, 0.2) is 0 Å². The number of benzene rings is 1. The predicted octanol–water partition coefficient (Wildman–Crippen LogP) is 4.88. The van der Waals surface area contributed by atoms with Crippen molar-refractivity contribution in [1.82, 2.24) is 9.97 Å². The van der Waals surface area contributed by atoms with E-state index in [1.807, 2.05) is 25.1 Å². The Morgan fingerprint density at radius 1 is 1.00 bits per heavy atom. The molecular formula is C21H27FN4. The van der Waals surface area contributed by atoms with Gasteiger partial charge in [-0.1, -0.05) is 23.8 Å². The SMILES string of the molecule is Cc1cc(NCCc2ccc(F)cc2)nc(NCCC2=CCCCC2)n1.